The van der Waals surface area contributed by atoms with Gasteiger partial charge in [-0.25, -0.2) is 0 Å². The average Bonchev–Trinajstić information content (AvgIpc) is 3.30. The molecule has 0 radical (unpaired) electrons. The lowest BCUT2D eigenvalue weighted by Crippen LogP contribution is -2.64. The molecule has 4 aliphatic heterocycles. The number of hydrogen-bond donors (Lipinski definition) is 2. The number of nitrogens with one attached hydrogen (secondary N) is 2. The number of rotatable bonds is 1. The third kappa shape index (κ3) is 1.76. The number of nitrogens with zero attached hydrogens (tertiary/aromatic N) is 2. The lowest BCUT2D eigenvalue weighted by Gasteiger charge is -2.53. The van der Waals surface area contributed by atoms with E-state index >= 15 is 0 Å². The highest BCUT2D eigenvalue weighted by Crippen LogP contribution is 2.65. The number of fused-ring (bicyclic) bond motifs is 7. The highest BCUT2D eigenvalue weighted by Gasteiger charge is 2.70. The van der Waals surface area contributed by atoms with Crippen molar-refractivity contribution in [2.24, 2.45) is 0 Å². The van der Waals surface area contributed by atoms with Crippen molar-refractivity contribution in [1.82, 2.24) is 9.96 Å². The minimum absolute atomic E-state index is 0.0100. The number of benzene rings is 2. The van der Waals surface area contributed by atoms with Crippen LogP contribution in [0.15, 0.2) is 48.5 Å². The standard InChI is InChI=1S/C22H26N4O/c1-25-13-11-21(15-7-3-5-9-17(15)23-19(21)25)22-12-14-26(2)27-20(22)24-18-10-6-4-8-16(18)22/h3-10,19-20,23-24H,11-14H2,1-2H3/t19-,20+,21+,22-/m0/s1. The van der Waals surface area contributed by atoms with Gasteiger partial charge in [-0.1, -0.05) is 36.4 Å². The molecule has 0 unspecified atom stereocenters. The molecule has 2 aromatic carbocycles. The third-order valence-corrected chi connectivity index (χ3v) is 7.51. The summed E-state index contributed by atoms with van der Waals surface area (Å²) in [6.07, 6.45) is 2.46. The van der Waals surface area contributed by atoms with Gasteiger partial charge < -0.3 is 10.6 Å². The Bertz CT molecular complexity index is 917. The van der Waals surface area contributed by atoms with E-state index in [1.54, 1.807) is 0 Å². The molecule has 0 aromatic heterocycles. The molecule has 5 heteroatoms. The summed E-state index contributed by atoms with van der Waals surface area (Å²) >= 11 is 0. The quantitative estimate of drug-likeness (QED) is 0.816. The van der Waals surface area contributed by atoms with Gasteiger partial charge in [0, 0.05) is 36.9 Å². The molecule has 6 rings (SSSR count). The van der Waals surface area contributed by atoms with Crippen LogP contribution in [0.25, 0.3) is 0 Å². The van der Waals surface area contributed by atoms with Crippen molar-refractivity contribution < 1.29 is 4.84 Å². The summed E-state index contributed by atoms with van der Waals surface area (Å²) in [4.78, 5) is 8.93. The Morgan fingerprint density at radius 2 is 1.48 bits per heavy atom. The molecule has 4 heterocycles. The molecule has 27 heavy (non-hydrogen) atoms. The van der Waals surface area contributed by atoms with E-state index in [1.807, 2.05) is 12.1 Å². The molecular weight excluding hydrogens is 336 g/mol. The Kier molecular flexibility index (Phi) is 3.10. The van der Waals surface area contributed by atoms with Crippen LogP contribution < -0.4 is 10.6 Å². The van der Waals surface area contributed by atoms with Crippen LogP contribution in [-0.4, -0.2) is 49.5 Å². The molecule has 0 bridgehead atoms. The zero-order valence-corrected chi connectivity index (χ0v) is 15.9. The van der Waals surface area contributed by atoms with E-state index < -0.39 is 0 Å². The molecule has 140 valence electrons. The molecule has 2 N–H and O–H groups in total. The summed E-state index contributed by atoms with van der Waals surface area (Å²) in [7, 11) is 4.30. The molecule has 4 atom stereocenters. The molecule has 0 saturated carbocycles. The molecule has 4 aliphatic rings. The smallest absolute Gasteiger partial charge is 0.159 e. The maximum absolute atomic E-state index is 6.44. The highest BCUT2D eigenvalue weighted by molar-refractivity contribution is 5.71. The number of hydrogen-bond acceptors (Lipinski definition) is 5. The lowest BCUT2D eigenvalue weighted by atomic mass is 9.54. The second-order valence-electron chi connectivity index (χ2n) is 8.54. The van der Waals surface area contributed by atoms with Gasteiger partial charge in [0.15, 0.2) is 6.23 Å². The predicted octanol–water partition coefficient (Wildman–Crippen LogP) is 2.97. The van der Waals surface area contributed by atoms with Gasteiger partial charge >= 0.3 is 0 Å². The topological polar surface area (TPSA) is 39.8 Å². The zero-order valence-electron chi connectivity index (χ0n) is 15.9. The van der Waals surface area contributed by atoms with E-state index in [0.717, 1.165) is 25.9 Å². The lowest BCUT2D eigenvalue weighted by molar-refractivity contribution is -0.233. The summed E-state index contributed by atoms with van der Waals surface area (Å²) < 4.78 is 0. The normalized spacial score (nSPS) is 37.1. The first-order valence-corrected chi connectivity index (χ1v) is 9.97. The monoisotopic (exact) mass is 362 g/mol. The van der Waals surface area contributed by atoms with Crippen LogP contribution in [-0.2, 0) is 15.7 Å². The Labute approximate surface area is 160 Å². The zero-order chi connectivity index (χ0) is 18.2. The Morgan fingerprint density at radius 3 is 2.26 bits per heavy atom. The van der Waals surface area contributed by atoms with Crippen LogP contribution in [0.3, 0.4) is 0 Å². The van der Waals surface area contributed by atoms with Crippen molar-refractivity contribution in [2.75, 3.05) is 37.8 Å². The molecule has 0 aliphatic carbocycles. The van der Waals surface area contributed by atoms with E-state index in [9.17, 15) is 0 Å². The fraction of sp³-hybridized carbons (Fsp3) is 0.455. The van der Waals surface area contributed by atoms with Crippen molar-refractivity contribution in [1.29, 1.82) is 0 Å². The summed E-state index contributed by atoms with van der Waals surface area (Å²) in [5, 5.41) is 9.59. The van der Waals surface area contributed by atoms with Crippen molar-refractivity contribution >= 4 is 11.4 Å². The number of para-hydroxylation sites is 2. The van der Waals surface area contributed by atoms with Crippen molar-refractivity contribution in [2.45, 2.75) is 36.1 Å². The first kappa shape index (κ1) is 15.9. The van der Waals surface area contributed by atoms with Gasteiger partial charge in [0.05, 0.1) is 11.6 Å². The molecule has 0 amide bonds. The summed E-state index contributed by atoms with van der Waals surface area (Å²) in [5.74, 6) is 0. The van der Waals surface area contributed by atoms with Crippen LogP contribution in [0.5, 0.6) is 0 Å². The second-order valence-corrected chi connectivity index (χ2v) is 8.54. The molecule has 2 saturated heterocycles. The van der Waals surface area contributed by atoms with Gasteiger partial charge in [-0.05, 0) is 43.1 Å². The predicted molar refractivity (Wildman–Crippen MR) is 107 cm³/mol. The van der Waals surface area contributed by atoms with E-state index in [0.29, 0.717) is 0 Å². The van der Waals surface area contributed by atoms with Crippen LogP contribution in [0.2, 0.25) is 0 Å². The van der Waals surface area contributed by atoms with Crippen molar-refractivity contribution in [3.63, 3.8) is 0 Å². The fourth-order valence-corrected chi connectivity index (χ4v) is 6.41. The maximum atomic E-state index is 6.44. The van der Waals surface area contributed by atoms with Crippen LogP contribution in [0.4, 0.5) is 11.4 Å². The Balaban J connectivity index is 1.65. The minimum Gasteiger partial charge on any atom is -0.369 e. The van der Waals surface area contributed by atoms with E-state index in [4.69, 9.17) is 4.84 Å². The minimum atomic E-state index is -0.0921. The highest BCUT2D eigenvalue weighted by atomic mass is 16.7. The Morgan fingerprint density at radius 1 is 0.852 bits per heavy atom. The Hall–Kier alpha value is -2.08. The molecular formula is C22H26N4O. The van der Waals surface area contributed by atoms with Crippen molar-refractivity contribution in [3.8, 4) is 0 Å². The van der Waals surface area contributed by atoms with Gasteiger partial charge in [-0.2, -0.15) is 5.06 Å². The second kappa shape index (κ2) is 5.25. The van der Waals surface area contributed by atoms with Gasteiger partial charge in [0.25, 0.3) is 0 Å². The molecule has 2 aromatic rings. The van der Waals surface area contributed by atoms with E-state index in [2.05, 4.69) is 71.1 Å². The summed E-state index contributed by atoms with van der Waals surface area (Å²) in [5.41, 5.74) is 5.28. The van der Waals surface area contributed by atoms with Gasteiger partial charge in [-0.15, -0.1) is 0 Å². The van der Waals surface area contributed by atoms with Gasteiger partial charge in [-0.3, -0.25) is 9.74 Å². The third-order valence-electron chi connectivity index (χ3n) is 7.51. The SMILES string of the molecule is CN1CC[C@]2([C@@]34CCN(C)[C@@H]3Nc3ccccc34)c3ccccc3N[C@@H]2O1. The summed E-state index contributed by atoms with van der Waals surface area (Å²) in [6, 6.07) is 17.7. The molecule has 2 fully saturated rings. The molecule has 0 spiro atoms. The summed E-state index contributed by atoms with van der Waals surface area (Å²) in [6.45, 7) is 2.03. The first-order valence-electron chi connectivity index (χ1n) is 9.97. The fourth-order valence-electron chi connectivity index (χ4n) is 6.41. The number of likely N-dealkylation sites (tertiary alicyclic amines) is 1. The maximum Gasteiger partial charge on any atom is 0.159 e. The van der Waals surface area contributed by atoms with Gasteiger partial charge in [0.2, 0.25) is 0 Å². The van der Waals surface area contributed by atoms with Crippen LogP contribution in [0, 0.1) is 0 Å². The number of hydroxylamine groups is 2. The average molecular weight is 362 g/mol. The van der Waals surface area contributed by atoms with E-state index in [1.165, 1.54) is 22.5 Å². The van der Waals surface area contributed by atoms with Gasteiger partial charge in [0.1, 0.15) is 0 Å². The van der Waals surface area contributed by atoms with Crippen LogP contribution in [0.1, 0.15) is 24.0 Å². The first-order chi connectivity index (χ1) is 13.2. The van der Waals surface area contributed by atoms with Crippen molar-refractivity contribution in [3.05, 3.63) is 59.7 Å². The largest absolute Gasteiger partial charge is 0.369 e. The van der Waals surface area contributed by atoms with Crippen LogP contribution >= 0.6 is 0 Å². The number of likely N-dealkylation sites (N-methyl/N-ethyl adjacent to an activating group) is 1. The molecule has 5 nitrogen and oxygen atoms in total. The van der Waals surface area contributed by atoms with E-state index in [-0.39, 0.29) is 23.2 Å². The number of anilines is 2.